The van der Waals surface area contributed by atoms with Gasteiger partial charge in [0.2, 0.25) is 10.0 Å². The minimum absolute atomic E-state index is 0.219. The summed E-state index contributed by atoms with van der Waals surface area (Å²) in [5, 5.41) is 14.0. The molecule has 0 atom stereocenters. The molecule has 4 N–H and O–H groups in total. The average Bonchev–Trinajstić information content (AvgIpc) is 2.98. The number of piperazine rings is 1. The molecule has 0 bridgehead atoms. The average molecular weight is 603 g/mol. The number of benzene rings is 3. The molecule has 42 heavy (non-hydrogen) atoms. The van der Waals surface area contributed by atoms with Gasteiger partial charge in [-0.1, -0.05) is 25.5 Å². The number of halogens is 3. The highest BCUT2D eigenvalue weighted by molar-refractivity contribution is 7.89. The van der Waals surface area contributed by atoms with Crippen molar-refractivity contribution < 1.29 is 26.4 Å². The van der Waals surface area contributed by atoms with E-state index >= 15 is 0 Å². The summed E-state index contributed by atoms with van der Waals surface area (Å²) in [5.41, 5.74) is 0.711. The number of hydrogen-bond donors (Lipinski definition) is 4. The maximum Gasteiger partial charge on any atom is 0.323 e. The van der Waals surface area contributed by atoms with Crippen LogP contribution in [0.25, 0.3) is 0 Å². The summed E-state index contributed by atoms with van der Waals surface area (Å²) < 4.78 is 68.3. The van der Waals surface area contributed by atoms with Gasteiger partial charge in [-0.25, -0.2) is 31.1 Å². The highest BCUT2D eigenvalue weighted by Crippen LogP contribution is 2.19. The van der Waals surface area contributed by atoms with Crippen LogP contribution in [-0.2, 0) is 16.6 Å². The van der Waals surface area contributed by atoms with E-state index in [0.717, 1.165) is 45.6 Å². The molecule has 0 unspecified atom stereocenters. The molecule has 1 aliphatic heterocycles. The van der Waals surface area contributed by atoms with Crippen molar-refractivity contribution in [2.24, 2.45) is 0 Å². The second kappa shape index (κ2) is 13.8. The van der Waals surface area contributed by atoms with Crippen LogP contribution in [0.1, 0.15) is 30.9 Å². The van der Waals surface area contributed by atoms with E-state index in [1.54, 1.807) is 18.2 Å². The Balaban J connectivity index is 1.31. The number of sulfonamides is 1. The molecule has 0 radical (unpaired) electrons. The molecule has 0 aliphatic carbocycles. The maximum atomic E-state index is 13.9. The van der Waals surface area contributed by atoms with Gasteiger partial charge in [0.15, 0.2) is 11.6 Å². The molecule has 3 aromatic carbocycles. The molecule has 1 fully saturated rings. The largest absolute Gasteiger partial charge is 0.354 e. The molecular formula is C29H33F3N6O3S. The second-order valence-corrected chi connectivity index (χ2v) is 11.6. The lowest BCUT2D eigenvalue weighted by Crippen LogP contribution is -2.48. The first-order chi connectivity index (χ1) is 20.1. The van der Waals surface area contributed by atoms with Gasteiger partial charge in [0.1, 0.15) is 11.7 Å². The Morgan fingerprint density at radius 1 is 0.905 bits per heavy atom. The highest BCUT2D eigenvalue weighted by Gasteiger charge is 2.21. The number of amides is 2. The summed E-state index contributed by atoms with van der Waals surface area (Å²) in [7, 11) is -4.19. The Hall–Kier alpha value is -3.94. The van der Waals surface area contributed by atoms with Gasteiger partial charge in [-0.2, -0.15) is 0 Å². The molecule has 3 aromatic rings. The number of carbonyl (C=O) groups is 1. The van der Waals surface area contributed by atoms with Crippen LogP contribution in [0.15, 0.2) is 65.6 Å². The van der Waals surface area contributed by atoms with Crippen LogP contribution in [0.5, 0.6) is 0 Å². The molecule has 1 aliphatic rings. The Labute approximate surface area is 243 Å². The lowest BCUT2D eigenvalue weighted by Gasteiger charge is -2.36. The van der Waals surface area contributed by atoms with E-state index in [1.807, 2.05) is 15.7 Å². The van der Waals surface area contributed by atoms with E-state index in [2.05, 4.69) is 22.5 Å². The monoisotopic (exact) mass is 602 g/mol. The van der Waals surface area contributed by atoms with Gasteiger partial charge >= 0.3 is 6.03 Å². The van der Waals surface area contributed by atoms with Crippen molar-refractivity contribution in [3.05, 3.63) is 89.2 Å². The molecule has 1 heterocycles. The van der Waals surface area contributed by atoms with E-state index in [0.29, 0.717) is 34.9 Å². The van der Waals surface area contributed by atoms with Gasteiger partial charge in [0, 0.05) is 55.2 Å². The lowest BCUT2D eigenvalue weighted by molar-refractivity contribution is 0.180. The summed E-state index contributed by atoms with van der Waals surface area (Å²) in [4.78, 5) is 16.8. The van der Waals surface area contributed by atoms with Gasteiger partial charge < -0.3 is 15.5 Å². The Morgan fingerprint density at radius 2 is 1.57 bits per heavy atom. The fourth-order valence-electron chi connectivity index (χ4n) is 4.50. The summed E-state index contributed by atoms with van der Waals surface area (Å²) in [6.07, 6.45) is 2.32. The van der Waals surface area contributed by atoms with Crippen molar-refractivity contribution in [2.45, 2.75) is 31.2 Å². The zero-order valence-corrected chi connectivity index (χ0v) is 23.9. The minimum Gasteiger partial charge on any atom is -0.354 e. The zero-order chi connectivity index (χ0) is 30.3. The van der Waals surface area contributed by atoms with E-state index in [4.69, 9.17) is 5.41 Å². The van der Waals surface area contributed by atoms with Gasteiger partial charge in [-0.15, -0.1) is 0 Å². The number of rotatable bonds is 10. The van der Waals surface area contributed by atoms with Crippen molar-refractivity contribution in [1.82, 2.24) is 14.5 Å². The quantitative estimate of drug-likeness (QED) is 0.149. The highest BCUT2D eigenvalue weighted by atomic mass is 32.2. The molecule has 224 valence electrons. The number of unbranched alkanes of at least 4 members (excludes halogenated alkanes) is 1. The second-order valence-electron chi connectivity index (χ2n) is 9.86. The SMILES string of the molecule is CCCCN1CCN(C(=N)c2cccc(NC(=O)Nc3ccc(S(=O)(=O)NCc4c(F)ccc(F)c4F)cc3)c2)CC1. The van der Waals surface area contributed by atoms with Crippen LogP contribution < -0.4 is 15.4 Å². The van der Waals surface area contributed by atoms with Crippen molar-refractivity contribution in [2.75, 3.05) is 43.4 Å². The van der Waals surface area contributed by atoms with Gasteiger partial charge in [-0.3, -0.25) is 10.3 Å². The molecule has 0 aromatic heterocycles. The third-order valence-corrected chi connectivity index (χ3v) is 8.33. The summed E-state index contributed by atoms with van der Waals surface area (Å²) in [6, 6.07) is 12.9. The smallest absolute Gasteiger partial charge is 0.323 e. The van der Waals surface area contributed by atoms with Crippen LogP contribution in [-0.4, -0.2) is 62.8 Å². The standard InChI is InChI=1S/C29H33F3N6O3S/c1-2-3-13-37-14-16-38(17-15-37)28(33)20-5-4-6-22(18-20)36-29(39)35-21-7-9-23(10-8-21)42(40,41)34-19-24-25(30)11-12-26(31)27(24)32/h4-12,18,33-34H,2-3,13-17,19H2,1H3,(H2,35,36,39). The number of amidine groups is 1. The van der Waals surface area contributed by atoms with E-state index in [1.165, 1.54) is 24.3 Å². The van der Waals surface area contributed by atoms with Crippen LogP contribution in [0, 0.1) is 22.9 Å². The molecular weight excluding hydrogens is 569 g/mol. The molecule has 2 amide bonds. The van der Waals surface area contributed by atoms with Crippen molar-refractivity contribution in [1.29, 1.82) is 5.41 Å². The number of hydrogen-bond acceptors (Lipinski definition) is 5. The number of carbonyl (C=O) groups excluding carboxylic acids is 1. The number of nitrogens with one attached hydrogen (secondary N) is 4. The first-order valence-corrected chi connectivity index (χ1v) is 15.0. The number of nitrogens with zero attached hydrogens (tertiary/aromatic N) is 2. The number of anilines is 2. The number of urea groups is 1. The molecule has 0 saturated carbocycles. The Bertz CT molecular complexity index is 1530. The molecule has 13 heteroatoms. The fourth-order valence-corrected chi connectivity index (χ4v) is 5.49. The lowest BCUT2D eigenvalue weighted by atomic mass is 10.1. The third kappa shape index (κ3) is 7.87. The van der Waals surface area contributed by atoms with Crippen LogP contribution in [0.3, 0.4) is 0 Å². The van der Waals surface area contributed by atoms with Gasteiger partial charge in [0.05, 0.1) is 4.90 Å². The van der Waals surface area contributed by atoms with E-state index < -0.39 is 45.6 Å². The first kappa shape index (κ1) is 31.0. The third-order valence-electron chi connectivity index (χ3n) is 6.91. The van der Waals surface area contributed by atoms with Gasteiger partial charge in [-0.05, 0) is 61.5 Å². The molecule has 0 spiro atoms. The topological polar surface area (TPSA) is 118 Å². The van der Waals surface area contributed by atoms with Crippen LogP contribution >= 0.6 is 0 Å². The maximum absolute atomic E-state index is 13.9. The van der Waals surface area contributed by atoms with Crippen molar-refractivity contribution in [3.63, 3.8) is 0 Å². The van der Waals surface area contributed by atoms with Gasteiger partial charge in [0.25, 0.3) is 0 Å². The van der Waals surface area contributed by atoms with Crippen LogP contribution in [0.4, 0.5) is 29.3 Å². The predicted molar refractivity (Wildman–Crippen MR) is 156 cm³/mol. The summed E-state index contributed by atoms with van der Waals surface area (Å²) in [6.45, 7) is 5.79. The summed E-state index contributed by atoms with van der Waals surface area (Å²) in [5.74, 6) is -3.44. The fraction of sp³-hybridized carbons (Fsp3) is 0.310. The molecule has 9 nitrogen and oxygen atoms in total. The zero-order valence-electron chi connectivity index (χ0n) is 23.1. The van der Waals surface area contributed by atoms with E-state index in [-0.39, 0.29) is 4.90 Å². The Kier molecular flexibility index (Phi) is 10.2. The minimum atomic E-state index is -4.19. The van der Waals surface area contributed by atoms with Crippen LogP contribution in [0.2, 0.25) is 0 Å². The molecule has 1 saturated heterocycles. The first-order valence-electron chi connectivity index (χ1n) is 13.5. The normalized spacial score (nSPS) is 14.0. The predicted octanol–water partition coefficient (Wildman–Crippen LogP) is 4.97. The van der Waals surface area contributed by atoms with Crippen molar-refractivity contribution >= 4 is 33.3 Å². The Morgan fingerprint density at radius 3 is 2.26 bits per heavy atom. The van der Waals surface area contributed by atoms with E-state index in [9.17, 15) is 26.4 Å². The molecule has 4 rings (SSSR count). The van der Waals surface area contributed by atoms with Crippen molar-refractivity contribution in [3.8, 4) is 0 Å². The summed E-state index contributed by atoms with van der Waals surface area (Å²) >= 11 is 0.